The molecule has 1 aliphatic carbocycles. The van der Waals surface area contributed by atoms with Crippen molar-refractivity contribution in [2.75, 3.05) is 37.7 Å². The summed E-state index contributed by atoms with van der Waals surface area (Å²) in [4.78, 5) is 21.3. The van der Waals surface area contributed by atoms with E-state index in [1.165, 1.54) is 0 Å². The predicted molar refractivity (Wildman–Crippen MR) is 134 cm³/mol. The zero-order chi connectivity index (χ0) is 24.4. The summed E-state index contributed by atoms with van der Waals surface area (Å²) in [6.45, 7) is 2.50. The van der Waals surface area contributed by atoms with Crippen LogP contribution in [-0.4, -0.2) is 73.6 Å². The Labute approximate surface area is 211 Å². The maximum absolute atomic E-state index is 13.7. The third-order valence-electron chi connectivity index (χ3n) is 7.19. The molecule has 8 nitrogen and oxygen atoms in total. The summed E-state index contributed by atoms with van der Waals surface area (Å²) in [6, 6.07) is 11.7. The summed E-state index contributed by atoms with van der Waals surface area (Å²) in [5, 5.41) is 0.495. The van der Waals surface area contributed by atoms with E-state index < -0.39 is 10.0 Å². The number of pyridine rings is 1. The standard InChI is InChI=1S/C25H31ClN4O4S/c26-20-9-11-22(12-10-20)35(32,33)30-21(4-3-5-23(30)19-7-8-19)18-34-25(31)29-16-14-28(15-17-29)24-6-1-2-13-27-24/h1-2,6,9-13,19,21,23H,3-5,7-8,14-18H2/t21-,23+/m1/s1. The number of hydrogen-bond donors (Lipinski definition) is 0. The van der Waals surface area contributed by atoms with Crippen molar-refractivity contribution in [2.24, 2.45) is 5.92 Å². The van der Waals surface area contributed by atoms with Crippen molar-refractivity contribution in [3.05, 3.63) is 53.7 Å². The Kier molecular flexibility index (Phi) is 7.18. The van der Waals surface area contributed by atoms with Crippen LogP contribution in [0.15, 0.2) is 53.6 Å². The average molecular weight is 519 g/mol. The molecule has 2 aromatic rings. The number of nitrogens with zero attached hydrogens (tertiary/aromatic N) is 4. The van der Waals surface area contributed by atoms with E-state index in [9.17, 15) is 13.2 Å². The first-order valence-corrected chi connectivity index (χ1v) is 14.1. The molecule has 0 bridgehead atoms. The molecule has 0 unspecified atom stereocenters. The topological polar surface area (TPSA) is 83.0 Å². The zero-order valence-corrected chi connectivity index (χ0v) is 21.2. The number of hydrogen-bond acceptors (Lipinski definition) is 6. The fourth-order valence-electron chi connectivity index (χ4n) is 5.19. The van der Waals surface area contributed by atoms with Crippen molar-refractivity contribution < 1.29 is 17.9 Å². The first-order valence-electron chi connectivity index (χ1n) is 12.3. The number of benzene rings is 1. The van der Waals surface area contributed by atoms with Crippen LogP contribution in [0.2, 0.25) is 5.02 Å². The normalized spacial score (nSPS) is 23.8. The maximum Gasteiger partial charge on any atom is 0.409 e. The highest BCUT2D eigenvalue weighted by molar-refractivity contribution is 7.89. The van der Waals surface area contributed by atoms with E-state index >= 15 is 0 Å². The summed E-state index contributed by atoms with van der Waals surface area (Å²) < 4.78 is 34.7. The van der Waals surface area contributed by atoms with Gasteiger partial charge in [0.05, 0.1) is 10.9 Å². The quantitative estimate of drug-likeness (QED) is 0.574. The molecule has 1 aromatic heterocycles. The number of sulfonamides is 1. The van der Waals surface area contributed by atoms with Gasteiger partial charge in [0.2, 0.25) is 10.0 Å². The van der Waals surface area contributed by atoms with Gasteiger partial charge in [-0.1, -0.05) is 24.1 Å². The molecule has 2 saturated heterocycles. The molecule has 3 aliphatic rings. The highest BCUT2D eigenvalue weighted by atomic mass is 35.5. The third kappa shape index (κ3) is 5.42. The van der Waals surface area contributed by atoms with Crippen molar-refractivity contribution in [3.8, 4) is 0 Å². The number of anilines is 1. The largest absolute Gasteiger partial charge is 0.448 e. The van der Waals surface area contributed by atoms with Crippen LogP contribution in [0.3, 0.4) is 0 Å². The first-order chi connectivity index (χ1) is 16.9. The van der Waals surface area contributed by atoms with Gasteiger partial charge in [0.25, 0.3) is 0 Å². The van der Waals surface area contributed by atoms with E-state index in [1.54, 1.807) is 39.7 Å². The molecule has 1 aromatic carbocycles. The van der Waals surface area contributed by atoms with Gasteiger partial charge in [-0.15, -0.1) is 0 Å². The van der Waals surface area contributed by atoms with E-state index in [2.05, 4.69) is 9.88 Å². The molecule has 10 heteroatoms. The monoisotopic (exact) mass is 518 g/mol. The van der Waals surface area contributed by atoms with Crippen LogP contribution in [-0.2, 0) is 14.8 Å². The number of halogens is 1. The highest BCUT2D eigenvalue weighted by Gasteiger charge is 2.46. The molecular formula is C25H31ClN4O4S. The second-order valence-corrected chi connectivity index (χ2v) is 11.8. The summed E-state index contributed by atoms with van der Waals surface area (Å²) >= 11 is 5.99. The fourth-order valence-corrected chi connectivity index (χ4v) is 7.23. The molecule has 0 radical (unpaired) electrons. The van der Waals surface area contributed by atoms with Crippen molar-refractivity contribution in [1.29, 1.82) is 0 Å². The number of ether oxygens (including phenoxy) is 1. The number of piperidine rings is 1. The van der Waals surface area contributed by atoms with E-state index in [0.717, 1.165) is 31.5 Å². The molecule has 1 amide bonds. The highest BCUT2D eigenvalue weighted by Crippen LogP contribution is 2.43. The van der Waals surface area contributed by atoms with Gasteiger partial charge in [0, 0.05) is 43.4 Å². The Morgan fingerprint density at radius 2 is 1.74 bits per heavy atom. The number of carbonyl (C=O) groups excluding carboxylic acids is 1. The van der Waals surface area contributed by atoms with E-state index in [0.29, 0.717) is 43.5 Å². The van der Waals surface area contributed by atoms with E-state index in [4.69, 9.17) is 16.3 Å². The van der Waals surface area contributed by atoms with Crippen LogP contribution in [0.4, 0.5) is 10.6 Å². The molecule has 5 rings (SSSR count). The molecule has 2 atom stereocenters. The molecule has 3 fully saturated rings. The second kappa shape index (κ2) is 10.3. The minimum Gasteiger partial charge on any atom is -0.448 e. The van der Waals surface area contributed by atoms with Crippen LogP contribution in [0.5, 0.6) is 0 Å². The molecule has 1 saturated carbocycles. The van der Waals surface area contributed by atoms with Crippen LogP contribution < -0.4 is 4.90 Å². The molecule has 0 spiro atoms. The lowest BCUT2D eigenvalue weighted by molar-refractivity contribution is 0.0576. The molecule has 188 valence electrons. The second-order valence-electron chi connectivity index (χ2n) is 9.52. The Bertz CT molecular complexity index is 1120. The van der Waals surface area contributed by atoms with Gasteiger partial charge in [-0.05, 0) is 68.0 Å². The summed E-state index contributed by atoms with van der Waals surface area (Å²) in [5.41, 5.74) is 0. The van der Waals surface area contributed by atoms with Crippen molar-refractivity contribution in [2.45, 2.75) is 49.1 Å². The Morgan fingerprint density at radius 3 is 2.40 bits per heavy atom. The first kappa shape index (κ1) is 24.3. The molecule has 0 N–H and O–H groups in total. The van der Waals surface area contributed by atoms with Gasteiger partial charge >= 0.3 is 6.09 Å². The van der Waals surface area contributed by atoms with Crippen LogP contribution >= 0.6 is 11.6 Å². The van der Waals surface area contributed by atoms with E-state index in [1.807, 2.05) is 18.2 Å². The van der Waals surface area contributed by atoms with Crippen molar-refractivity contribution in [3.63, 3.8) is 0 Å². The number of rotatable bonds is 6. The molecule has 2 aliphatic heterocycles. The lowest BCUT2D eigenvalue weighted by Gasteiger charge is -2.41. The van der Waals surface area contributed by atoms with Gasteiger partial charge in [-0.3, -0.25) is 0 Å². The van der Waals surface area contributed by atoms with Gasteiger partial charge in [-0.25, -0.2) is 18.2 Å². The Hall–Kier alpha value is -2.36. The zero-order valence-electron chi connectivity index (χ0n) is 19.6. The number of piperazine rings is 1. The van der Waals surface area contributed by atoms with Crippen molar-refractivity contribution in [1.82, 2.24) is 14.2 Å². The summed E-state index contributed by atoms with van der Waals surface area (Å²) in [7, 11) is -3.74. The van der Waals surface area contributed by atoms with Gasteiger partial charge in [-0.2, -0.15) is 4.31 Å². The fraction of sp³-hybridized carbons (Fsp3) is 0.520. The SMILES string of the molecule is O=C(OC[C@H]1CCC[C@@H](C2CC2)N1S(=O)(=O)c1ccc(Cl)cc1)N1CCN(c2ccccn2)CC1. The lowest BCUT2D eigenvalue weighted by atomic mass is 9.96. The number of carbonyl (C=O) groups is 1. The minimum atomic E-state index is -3.74. The smallest absolute Gasteiger partial charge is 0.409 e. The van der Waals surface area contributed by atoms with Gasteiger partial charge in [0.1, 0.15) is 12.4 Å². The van der Waals surface area contributed by atoms with Gasteiger partial charge in [0.15, 0.2) is 0 Å². The summed E-state index contributed by atoms with van der Waals surface area (Å²) in [5.74, 6) is 1.28. The summed E-state index contributed by atoms with van der Waals surface area (Å²) in [6.07, 6.45) is 5.92. The van der Waals surface area contributed by atoms with Gasteiger partial charge < -0.3 is 14.5 Å². The average Bonchev–Trinajstić information content (AvgIpc) is 3.73. The van der Waals surface area contributed by atoms with Crippen molar-refractivity contribution >= 4 is 33.5 Å². The third-order valence-corrected chi connectivity index (χ3v) is 9.43. The lowest BCUT2D eigenvalue weighted by Crippen LogP contribution is -2.54. The number of amides is 1. The predicted octanol–water partition coefficient (Wildman–Crippen LogP) is 4.02. The maximum atomic E-state index is 13.7. The van der Waals surface area contributed by atoms with Crippen LogP contribution in [0.25, 0.3) is 0 Å². The number of aromatic nitrogens is 1. The molecule has 3 heterocycles. The molecular weight excluding hydrogens is 488 g/mol. The van der Waals surface area contributed by atoms with Crippen LogP contribution in [0, 0.1) is 5.92 Å². The van der Waals surface area contributed by atoms with E-state index in [-0.39, 0.29) is 29.7 Å². The van der Waals surface area contributed by atoms with Crippen LogP contribution in [0.1, 0.15) is 32.1 Å². The Morgan fingerprint density at radius 1 is 1.00 bits per heavy atom. The Balaban J connectivity index is 1.24. The molecule has 35 heavy (non-hydrogen) atoms. The minimum absolute atomic E-state index is 0.0463.